The third kappa shape index (κ3) is 3.64. The van der Waals surface area contributed by atoms with Gasteiger partial charge in [0.2, 0.25) is 5.95 Å². The molecule has 5 rings (SSSR count). The van der Waals surface area contributed by atoms with Crippen LogP contribution in [0.2, 0.25) is 0 Å². The average molecular weight is 434 g/mol. The monoisotopic (exact) mass is 434 g/mol. The van der Waals surface area contributed by atoms with Gasteiger partial charge in [-0.2, -0.15) is 5.26 Å². The van der Waals surface area contributed by atoms with E-state index < -0.39 is 7.14 Å². The van der Waals surface area contributed by atoms with Gasteiger partial charge in [0, 0.05) is 35.4 Å². The molecule has 1 saturated heterocycles. The minimum absolute atomic E-state index is 0.330. The van der Waals surface area contributed by atoms with Gasteiger partial charge in [-0.05, 0) is 63.6 Å². The minimum Gasteiger partial charge on any atom is -0.357 e. The quantitative estimate of drug-likeness (QED) is 0.546. The average Bonchev–Trinajstić information content (AvgIpc) is 3.02. The fraction of sp³-hybridized carbons (Fsp3) is 0.435. The van der Waals surface area contributed by atoms with Gasteiger partial charge in [-0.1, -0.05) is 6.07 Å². The summed E-state index contributed by atoms with van der Waals surface area (Å²) in [5.74, 6) is 0.653. The van der Waals surface area contributed by atoms with Crippen LogP contribution in [0.1, 0.15) is 36.1 Å². The Hall–Kier alpha value is -2.68. The molecule has 1 fully saturated rings. The number of piperidine rings is 1. The first-order chi connectivity index (χ1) is 15.0. The molecule has 3 aromatic rings. The van der Waals surface area contributed by atoms with Crippen LogP contribution in [0.15, 0.2) is 18.3 Å². The molecule has 1 aliphatic carbocycles. The summed E-state index contributed by atoms with van der Waals surface area (Å²) in [5.41, 5.74) is 5.53. The fourth-order valence-electron chi connectivity index (χ4n) is 4.90. The summed E-state index contributed by atoms with van der Waals surface area (Å²) < 4.78 is 13.1. The second-order valence-electron chi connectivity index (χ2n) is 8.93. The summed E-state index contributed by atoms with van der Waals surface area (Å²) in [5, 5.41) is 18.2. The van der Waals surface area contributed by atoms with Gasteiger partial charge in [0.05, 0.1) is 28.1 Å². The first-order valence-corrected chi connectivity index (χ1v) is 13.5. The molecule has 2 aromatic heterocycles. The first kappa shape index (κ1) is 20.2. The Morgan fingerprint density at radius 2 is 2.13 bits per heavy atom. The largest absolute Gasteiger partial charge is 0.357 e. The van der Waals surface area contributed by atoms with Crippen LogP contribution in [0.25, 0.3) is 22.2 Å². The number of anilines is 1. The third-order valence-corrected chi connectivity index (χ3v) is 7.83. The third-order valence-electron chi connectivity index (χ3n) is 6.29. The van der Waals surface area contributed by atoms with Crippen molar-refractivity contribution in [2.45, 2.75) is 38.1 Å². The van der Waals surface area contributed by atoms with Gasteiger partial charge < -0.3 is 20.2 Å². The number of nitriles is 1. The number of H-pyrrole nitrogens is 1. The number of hydrogen-bond donors (Lipinski definition) is 3. The number of aromatic amines is 1. The molecule has 160 valence electrons. The molecular formula is C23H27N6OP. The van der Waals surface area contributed by atoms with E-state index in [9.17, 15) is 9.83 Å². The van der Waals surface area contributed by atoms with E-state index in [1.165, 1.54) is 0 Å². The van der Waals surface area contributed by atoms with Gasteiger partial charge >= 0.3 is 0 Å². The van der Waals surface area contributed by atoms with Crippen LogP contribution in [0.4, 0.5) is 5.95 Å². The van der Waals surface area contributed by atoms with E-state index in [1.807, 2.05) is 12.3 Å². The molecule has 0 radical (unpaired) electrons. The Bertz CT molecular complexity index is 1250. The maximum absolute atomic E-state index is 13.1. The van der Waals surface area contributed by atoms with Gasteiger partial charge in [0.15, 0.2) is 0 Å². The zero-order chi connectivity index (χ0) is 21.6. The zero-order valence-corrected chi connectivity index (χ0v) is 18.9. The molecule has 31 heavy (non-hydrogen) atoms. The molecule has 8 heteroatoms. The van der Waals surface area contributed by atoms with Crippen molar-refractivity contribution in [2.75, 3.05) is 31.7 Å². The molecule has 3 N–H and O–H groups in total. The molecule has 1 aliphatic heterocycles. The predicted molar refractivity (Wildman–Crippen MR) is 125 cm³/mol. The van der Waals surface area contributed by atoms with E-state index >= 15 is 0 Å². The van der Waals surface area contributed by atoms with Crippen molar-refractivity contribution in [1.29, 1.82) is 5.26 Å². The highest BCUT2D eigenvalue weighted by Gasteiger charge is 2.27. The lowest BCUT2D eigenvalue weighted by atomic mass is 10.0. The van der Waals surface area contributed by atoms with E-state index in [4.69, 9.17) is 4.98 Å². The molecule has 0 bridgehead atoms. The van der Waals surface area contributed by atoms with Crippen LogP contribution in [0, 0.1) is 11.3 Å². The van der Waals surface area contributed by atoms with E-state index in [1.54, 1.807) is 19.4 Å². The molecule has 1 unspecified atom stereocenters. The lowest BCUT2D eigenvalue weighted by Crippen LogP contribution is -2.38. The Morgan fingerprint density at radius 3 is 2.87 bits per heavy atom. The Morgan fingerprint density at radius 1 is 1.26 bits per heavy atom. The standard InChI is InChI=1S/C23H27N6OP/c1-31(2,30)22-14(11-24)8-9-17-19-18(28-21(17)22)7-3-5-15-12-26-23(29-20(15)19)27-16-6-4-10-25-13-16/h8-9,12,16,25,28H,3-7,10,13H2,1-2H3,(H,26,27,29). The molecule has 3 heterocycles. The summed E-state index contributed by atoms with van der Waals surface area (Å²) in [6.07, 6.45) is 7.00. The second kappa shape index (κ2) is 7.78. The summed E-state index contributed by atoms with van der Waals surface area (Å²) in [6, 6.07) is 6.32. The lowest BCUT2D eigenvalue weighted by Gasteiger charge is -2.24. The SMILES string of the molecule is CP(C)(=O)c1c(C#N)ccc2c3c([nH]c12)CCCc1cnc(NC2CCCNC2)nc1-3. The molecule has 7 nitrogen and oxygen atoms in total. The number of aromatic nitrogens is 3. The van der Waals surface area contributed by atoms with Crippen LogP contribution in [0.3, 0.4) is 0 Å². The number of nitrogens with zero attached hydrogens (tertiary/aromatic N) is 3. The second-order valence-corrected chi connectivity index (χ2v) is 12.1. The van der Waals surface area contributed by atoms with Crippen molar-refractivity contribution < 1.29 is 4.57 Å². The number of hydrogen-bond acceptors (Lipinski definition) is 6. The fourth-order valence-corrected chi connectivity index (χ4v) is 6.32. The maximum atomic E-state index is 13.1. The summed E-state index contributed by atoms with van der Waals surface area (Å²) in [4.78, 5) is 13.1. The highest BCUT2D eigenvalue weighted by molar-refractivity contribution is 7.70. The number of rotatable bonds is 3. The minimum atomic E-state index is -2.66. The maximum Gasteiger partial charge on any atom is 0.223 e. The molecule has 0 amide bonds. The van der Waals surface area contributed by atoms with Gasteiger partial charge in [-0.3, -0.25) is 0 Å². The van der Waals surface area contributed by atoms with Crippen molar-refractivity contribution in [1.82, 2.24) is 20.3 Å². The van der Waals surface area contributed by atoms with Crippen LogP contribution in [-0.4, -0.2) is 47.4 Å². The normalized spacial score (nSPS) is 18.7. The number of fused-ring (bicyclic) bond motifs is 5. The summed E-state index contributed by atoms with van der Waals surface area (Å²) in [6.45, 7) is 5.44. The molecular weight excluding hydrogens is 407 g/mol. The van der Waals surface area contributed by atoms with Crippen molar-refractivity contribution in [3.05, 3.63) is 35.2 Å². The molecule has 1 aromatic carbocycles. The number of nitrogens with one attached hydrogen (secondary N) is 3. The number of benzene rings is 1. The van der Waals surface area contributed by atoms with Crippen molar-refractivity contribution in [3.8, 4) is 17.3 Å². The van der Waals surface area contributed by atoms with Crippen LogP contribution < -0.4 is 15.9 Å². The molecule has 0 saturated carbocycles. The van der Waals surface area contributed by atoms with Gasteiger partial charge in [-0.15, -0.1) is 0 Å². The lowest BCUT2D eigenvalue weighted by molar-refractivity contribution is 0.478. The summed E-state index contributed by atoms with van der Waals surface area (Å²) in [7, 11) is -2.66. The van der Waals surface area contributed by atoms with Crippen molar-refractivity contribution in [3.63, 3.8) is 0 Å². The summed E-state index contributed by atoms with van der Waals surface area (Å²) >= 11 is 0. The molecule has 1 atom stereocenters. The number of aryl methyl sites for hydroxylation is 2. The van der Waals surface area contributed by atoms with Crippen molar-refractivity contribution >= 4 is 29.3 Å². The van der Waals surface area contributed by atoms with E-state index in [0.717, 1.165) is 78.6 Å². The van der Waals surface area contributed by atoms with Crippen LogP contribution in [-0.2, 0) is 17.4 Å². The topological polar surface area (TPSA) is 106 Å². The van der Waals surface area contributed by atoms with Crippen LogP contribution >= 0.6 is 7.14 Å². The van der Waals surface area contributed by atoms with Gasteiger partial charge in [-0.25, -0.2) is 9.97 Å². The first-order valence-electron chi connectivity index (χ1n) is 10.9. The Labute approximate surface area is 182 Å². The van der Waals surface area contributed by atoms with E-state index in [0.29, 0.717) is 22.9 Å². The van der Waals surface area contributed by atoms with Gasteiger partial charge in [0.25, 0.3) is 0 Å². The smallest absolute Gasteiger partial charge is 0.223 e. The molecule has 2 aliphatic rings. The van der Waals surface area contributed by atoms with E-state index in [-0.39, 0.29) is 0 Å². The van der Waals surface area contributed by atoms with Gasteiger partial charge in [0.1, 0.15) is 7.14 Å². The van der Waals surface area contributed by atoms with Crippen LogP contribution in [0.5, 0.6) is 0 Å². The zero-order valence-electron chi connectivity index (χ0n) is 18.0. The highest BCUT2D eigenvalue weighted by atomic mass is 31.2. The van der Waals surface area contributed by atoms with Crippen molar-refractivity contribution in [2.24, 2.45) is 0 Å². The Kier molecular flexibility index (Phi) is 5.08. The predicted octanol–water partition coefficient (Wildman–Crippen LogP) is 3.40. The Balaban J connectivity index is 1.68. The highest BCUT2D eigenvalue weighted by Crippen LogP contribution is 2.43. The van der Waals surface area contributed by atoms with E-state index in [2.05, 4.69) is 26.7 Å². The molecule has 0 spiro atoms.